The first kappa shape index (κ1) is 23.3. The van der Waals surface area contributed by atoms with Crippen molar-refractivity contribution in [1.82, 2.24) is 19.5 Å². The lowest BCUT2D eigenvalue weighted by molar-refractivity contribution is 0.173. The molecule has 1 atom stereocenters. The summed E-state index contributed by atoms with van der Waals surface area (Å²) in [4.78, 5) is 12.6. The Morgan fingerprint density at radius 2 is 2.22 bits per heavy atom. The first-order valence-corrected chi connectivity index (χ1v) is 10.7. The van der Waals surface area contributed by atoms with Gasteiger partial charge in [-0.2, -0.15) is 5.10 Å². The van der Waals surface area contributed by atoms with Crippen LogP contribution < -0.4 is 5.73 Å². The Bertz CT molecular complexity index is 1190. The molecule has 0 bridgehead atoms. The minimum atomic E-state index is -0.478. The highest BCUT2D eigenvalue weighted by Crippen LogP contribution is 2.26. The van der Waals surface area contributed by atoms with Crippen molar-refractivity contribution in [2.24, 2.45) is 17.9 Å². The topological polar surface area (TPSA) is 96.9 Å². The number of imidazole rings is 1. The maximum atomic E-state index is 9.60. The number of nitrogens with zero attached hydrogens (tertiary/aromatic N) is 6. The summed E-state index contributed by atoms with van der Waals surface area (Å²) in [6, 6.07) is 6.09. The summed E-state index contributed by atoms with van der Waals surface area (Å²) in [5, 5.41) is 16.7. The highest BCUT2D eigenvalue weighted by atomic mass is 32.1. The number of hydrazone groups is 1. The molecule has 0 aliphatic rings. The molecule has 3 aromatic rings. The maximum Gasteiger partial charge on any atom is 0.218 e. The molecule has 0 aliphatic heterocycles. The number of aromatic nitrogens is 3. The average molecular weight is 450 g/mol. The molecule has 0 aliphatic carbocycles. The number of hydrogen-bond donors (Lipinski definition) is 2. The summed E-state index contributed by atoms with van der Waals surface area (Å²) in [5.74, 6) is 0. The van der Waals surface area contributed by atoms with Crippen molar-refractivity contribution in [3.05, 3.63) is 58.8 Å². The Labute approximate surface area is 193 Å². The molecule has 0 radical (unpaired) electrons. The molecule has 9 heteroatoms. The standard InChI is InChI=1S/C23H27N7OS/c1-15-9-20-19(10-17(15)5-7-25-3)18(11-21(28-20)22-13-26-14-29(22)4)12-27-30(23(24)32)8-6-16(2)31/h9-14,16,31H,5-8H2,1-2,4H3,(H2,24,32)/t16-/m1/s1. The van der Waals surface area contributed by atoms with Crippen LogP contribution in [0.15, 0.2) is 35.8 Å². The van der Waals surface area contributed by atoms with Gasteiger partial charge in [-0.25, -0.2) is 21.5 Å². The molecule has 0 saturated carbocycles. The van der Waals surface area contributed by atoms with Crippen LogP contribution in [0.5, 0.6) is 0 Å². The van der Waals surface area contributed by atoms with Gasteiger partial charge in [-0.15, -0.1) is 0 Å². The number of nitrogens with two attached hydrogens (primary N) is 1. The quantitative estimate of drug-likeness (QED) is 0.237. The molecular weight excluding hydrogens is 422 g/mol. The average Bonchev–Trinajstić information content (AvgIpc) is 3.17. The van der Waals surface area contributed by atoms with Crippen LogP contribution in [0.1, 0.15) is 30.0 Å². The van der Waals surface area contributed by atoms with E-state index in [1.54, 1.807) is 25.7 Å². The summed E-state index contributed by atoms with van der Waals surface area (Å²) >= 11 is 5.13. The van der Waals surface area contributed by atoms with Gasteiger partial charge >= 0.3 is 0 Å². The van der Waals surface area contributed by atoms with Gasteiger partial charge in [0, 0.05) is 31.0 Å². The lowest BCUT2D eigenvalue weighted by atomic mass is 9.99. The smallest absolute Gasteiger partial charge is 0.218 e. The SMILES string of the molecule is [C-]#[N+]CCc1cc2c(C=NN(CC[C@@H](C)O)C(N)=S)cc(-c3cncn3C)nc2cc1C. The molecule has 3 rings (SSSR count). The Hall–Kier alpha value is -3.35. The van der Waals surface area contributed by atoms with Crippen LogP contribution in [-0.4, -0.2) is 55.2 Å². The summed E-state index contributed by atoms with van der Waals surface area (Å²) in [7, 11) is 1.92. The minimum Gasteiger partial charge on any atom is -0.393 e. The van der Waals surface area contributed by atoms with Crippen LogP contribution >= 0.6 is 12.2 Å². The normalized spacial score (nSPS) is 12.2. The second-order valence-electron chi connectivity index (χ2n) is 7.76. The molecule has 2 aromatic heterocycles. The second kappa shape index (κ2) is 10.3. The van der Waals surface area contributed by atoms with Gasteiger partial charge in [-0.05, 0) is 61.8 Å². The van der Waals surface area contributed by atoms with E-state index in [1.165, 1.54) is 5.01 Å². The van der Waals surface area contributed by atoms with Gasteiger partial charge in [0.05, 0.1) is 41.7 Å². The van der Waals surface area contributed by atoms with Gasteiger partial charge in [-0.3, -0.25) is 0 Å². The number of aliphatic hydroxyl groups excluding tert-OH is 1. The van der Waals surface area contributed by atoms with Gasteiger partial charge in [0.15, 0.2) is 5.11 Å². The van der Waals surface area contributed by atoms with Crippen LogP contribution in [-0.2, 0) is 13.5 Å². The number of rotatable bonds is 8. The lowest BCUT2D eigenvalue weighted by Crippen LogP contribution is -2.33. The number of pyridine rings is 1. The largest absolute Gasteiger partial charge is 0.393 e. The lowest BCUT2D eigenvalue weighted by Gasteiger charge is -2.18. The summed E-state index contributed by atoms with van der Waals surface area (Å²) < 4.78 is 1.91. The Morgan fingerprint density at radius 1 is 1.44 bits per heavy atom. The van der Waals surface area contributed by atoms with Gasteiger partial charge in [0.25, 0.3) is 0 Å². The maximum absolute atomic E-state index is 9.60. The number of aliphatic hydroxyl groups is 1. The summed E-state index contributed by atoms with van der Waals surface area (Å²) in [5.41, 5.74) is 11.4. The molecule has 2 heterocycles. The fraction of sp³-hybridized carbons (Fsp3) is 0.348. The third kappa shape index (κ3) is 5.46. The van der Waals surface area contributed by atoms with Crippen LogP contribution in [0.3, 0.4) is 0 Å². The van der Waals surface area contributed by atoms with E-state index < -0.39 is 6.10 Å². The predicted octanol–water partition coefficient (Wildman–Crippen LogP) is 3.06. The highest BCUT2D eigenvalue weighted by Gasteiger charge is 2.13. The molecule has 0 spiro atoms. The number of benzene rings is 1. The summed E-state index contributed by atoms with van der Waals surface area (Å²) in [6.45, 7) is 11.7. The monoisotopic (exact) mass is 449 g/mol. The van der Waals surface area contributed by atoms with E-state index in [4.69, 9.17) is 29.5 Å². The van der Waals surface area contributed by atoms with E-state index >= 15 is 0 Å². The number of aryl methyl sites for hydroxylation is 2. The zero-order valence-corrected chi connectivity index (χ0v) is 19.3. The van der Waals surface area contributed by atoms with Crippen molar-refractivity contribution in [2.45, 2.75) is 32.8 Å². The minimum absolute atomic E-state index is 0.140. The predicted molar refractivity (Wildman–Crippen MR) is 131 cm³/mol. The molecule has 0 amide bonds. The van der Waals surface area contributed by atoms with Crippen LogP contribution in [0.4, 0.5) is 0 Å². The highest BCUT2D eigenvalue weighted by molar-refractivity contribution is 7.80. The van der Waals surface area contributed by atoms with Crippen LogP contribution in [0, 0.1) is 13.5 Å². The molecule has 0 unspecified atom stereocenters. The third-order valence-corrected chi connectivity index (χ3v) is 5.43. The van der Waals surface area contributed by atoms with Gasteiger partial charge in [0.2, 0.25) is 6.54 Å². The first-order chi connectivity index (χ1) is 15.3. The molecular formula is C23H27N7OS. The van der Waals surface area contributed by atoms with E-state index in [1.807, 2.05) is 30.7 Å². The number of fused-ring (bicyclic) bond motifs is 1. The van der Waals surface area contributed by atoms with Crippen LogP contribution in [0.2, 0.25) is 0 Å². The Morgan fingerprint density at radius 3 is 2.84 bits per heavy atom. The molecule has 8 nitrogen and oxygen atoms in total. The van der Waals surface area contributed by atoms with Gasteiger partial charge < -0.3 is 20.3 Å². The van der Waals surface area contributed by atoms with E-state index in [2.05, 4.69) is 21.0 Å². The number of hydrogen-bond acceptors (Lipinski definition) is 5. The Kier molecular flexibility index (Phi) is 7.51. The van der Waals surface area contributed by atoms with Crippen molar-refractivity contribution in [1.29, 1.82) is 0 Å². The van der Waals surface area contributed by atoms with Crippen molar-refractivity contribution < 1.29 is 5.11 Å². The Balaban J connectivity index is 2.12. The molecule has 0 fully saturated rings. The van der Waals surface area contributed by atoms with Crippen molar-refractivity contribution >= 4 is 34.4 Å². The van der Waals surface area contributed by atoms with Crippen molar-refractivity contribution in [2.75, 3.05) is 13.1 Å². The van der Waals surface area contributed by atoms with E-state index in [-0.39, 0.29) is 5.11 Å². The molecule has 0 saturated heterocycles. The van der Waals surface area contributed by atoms with E-state index in [0.717, 1.165) is 39.0 Å². The zero-order valence-electron chi connectivity index (χ0n) is 18.5. The zero-order chi connectivity index (χ0) is 23.3. The molecule has 1 aromatic carbocycles. The molecule has 3 N–H and O–H groups in total. The first-order valence-electron chi connectivity index (χ1n) is 10.3. The van der Waals surface area contributed by atoms with E-state index in [0.29, 0.717) is 25.9 Å². The fourth-order valence-electron chi connectivity index (χ4n) is 3.40. The van der Waals surface area contributed by atoms with Crippen molar-refractivity contribution in [3.63, 3.8) is 0 Å². The molecule has 166 valence electrons. The van der Waals surface area contributed by atoms with Crippen LogP contribution in [0.25, 0.3) is 27.1 Å². The second-order valence-corrected chi connectivity index (χ2v) is 8.18. The van der Waals surface area contributed by atoms with Gasteiger partial charge in [-0.1, -0.05) is 0 Å². The molecule has 32 heavy (non-hydrogen) atoms. The third-order valence-electron chi connectivity index (χ3n) is 5.22. The van der Waals surface area contributed by atoms with Crippen molar-refractivity contribution in [3.8, 4) is 11.4 Å². The van der Waals surface area contributed by atoms with Gasteiger partial charge in [0.1, 0.15) is 0 Å². The van der Waals surface area contributed by atoms with E-state index in [9.17, 15) is 5.11 Å². The summed E-state index contributed by atoms with van der Waals surface area (Å²) in [6.07, 6.45) is 5.92. The number of thiocarbonyl (C=S) groups is 1. The fourth-order valence-corrected chi connectivity index (χ4v) is 3.54.